The molecule has 0 saturated heterocycles. The average Bonchev–Trinajstić information content (AvgIpc) is 2.42. The number of pyridine rings is 1. The lowest BCUT2D eigenvalue weighted by atomic mass is 10.2. The molecule has 1 amide bonds. The van der Waals surface area contributed by atoms with Crippen LogP contribution in [0, 0.1) is 0 Å². The molecule has 1 aromatic rings. The Morgan fingerprint density at radius 3 is 2.95 bits per heavy atom. The second-order valence-corrected chi connectivity index (χ2v) is 5.47. The zero-order valence-electron chi connectivity index (χ0n) is 11.7. The Morgan fingerprint density at radius 1 is 1.58 bits per heavy atom. The Balaban J connectivity index is 2.55. The van der Waals surface area contributed by atoms with Crippen LogP contribution >= 0.6 is 11.8 Å². The molecule has 106 valence electrons. The van der Waals surface area contributed by atoms with Crippen molar-refractivity contribution in [3.63, 3.8) is 0 Å². The van der Waals surface area contributed by atoms with Crippen LogP contribution in [-0.2, 0) is 11.3 Å². The first-order valence-electron chi connectivity index (χ1n) is 6.19. The summed E-state index contributed by atoms with van der Waals surface area (Å²) in [6.07, 6.45) is 4.44. The molecule has 6 heteroatoms. The first-order chi connectivity index (χ1) is 9.06. The predicted octanol–water partition coefficient (Wildman–Crippen LogP) is 0.844. The third kappa shape index (κ3) is 5.08. The number of carbonyl (C=O) groups is 1. The van der Waals surface area contributed by atoms with Crippen molar-refractivity contribution in [1.29, 1.82) is 0 Å². The van der Waals surface area contributed by atoms with E-state index in [9.17, 15) is 4.79 Å². The molecule has 0 bridgehead atoms. The molecule has 19 heavy (non-hydrogen) atoms. The van der Waals surface area contributed by atoms with Gasteiger partial charge in [0, 0.05) is 32.4 Å². The zero-order chi connectivity index (χ0) is 14.3. The SMILES string of the molecule is CSCCC(N)C(=O)NCc1cccnc1N(C)C. The molecule has 1 aromatic heterocycles. The highest BCUT2D eigenvalue weighted by Crippen LogP contribution is 2.13. The van der Waals surface area contributed by atoms with E-state index in [4.69, 9.17) is 5.73 Å². The van der Waals surface area contributed by atoms with Gasteiger partial charge in [-0.15, -0.1) is 0 Å². The van der Waals surface area contributed by atoms with Crippen molar-refractivity contribution >= 4 is 23.5 Å². The molecule has 0 aliphatic rings. The maximum Gasteiger partial charge on any atom is 0.237 e. The number of anilines is 1. The van der Waals surface area contributed by atoms with Gasteiger partial charge in [-0.2, -0.15) is 11.8 Å². The van der Waals surface area contributed by atoms with E-state index >= 15 is 0 Å². The third-order valence-electron chi connectivity index (χ3n) is 2.71. The van der Waals surface area contributed by atoms with Crippen molar-refractivity contribution in [3.8, 4) is 0 Å². The summed E-state index contributed by atoms with van der Waals surface area (Å²) >= 11 is 1.69. The molecule has 0 saturated carbocycles. The van der Waals surface area contributed by atoms with Crippen LogP contribution in [0.2, 0.25) is 0 Å². The maximum absolute atomic E-state index is 11.8. The van der Waals surface area contributed by atoms with Gasteiger partial charge >= 0.3 is 0 Å². The largest absolute Gasteiger partial charge is 0.362 e. The number of thioether (sulfide) groups is 1. The summed E-state index contributed by atoms with van der Waals surface area (Å²) in [6.45, 7) is 0.452. The monoisotopic (exact) mass is 282 g/mol. The Morgan fingerprint density at radius 2 is 2.32 bits per heavy atom. The Labute approximate surface area is 119 Å². The zero-order valence-corrected chi connectivity index (χ0v) is 12.5. The van der Waals surface area contributed by atoms with E-state index in [1.54, 1.807) is 18.0 Å². The molecule has 0 fully saturated rings. The van der Waals surface area contributed by atoms with Gasteiger partial charge in [-0.25, -0.2) is 4.98 Å². The fraction of sp³-hybridized carbons (Fsp3) is 0.538. The molecule has 3 N–H and O–H groups in total. The average molecular weight is 282 g/mol. The number of rotatable bonds is 7. The van der Waals surface area contributed by atoms with Crippen molar-refractivity contribution in [1.82, 2.24) is 10.3 Å². The number of carbonyl (C=O) groups excluding carboxylic acids is 1. The Bertz CT molecular complexity index is 411. The van der Waals surface area contributed by atoms with Gasteiger partial charge in [0.15, 0.2) is 0 Å². The van der Waals surface area contributed by atoms with E-state index in [0.29, 0.717) is 13.0 Å². The number of nitrogens with two attached hydrogens (primary N) is 1. The summed E-state index contributed by atoms with van der Waals surface area (Å²) in [5.41, 5.74) is 6.80. The molecular weight excluding hydrogens is 260 g/mol. The van der Waals surface area contributed by atoms with Crippen LogP contribution in [0.5, 0.6) is 0 Å². The van der Waals surface area contributed by atoms with E-state index < -0.39 is 6.04 Å². The highest BCUT2D eigenvalue weighted by Gasteiger charge is 2.13. The van der Waals surface area contributed by atoms with Crippen molar-refractivity contribution in [3.05, 3.63) is 23.9 Å². The summed E-state index contributed by atoms with van der Waals surface area (Å²) < 4.78 is 0. The number of nitrogens with zero attached hydrogens (tertiary/aromatic N) is 2. The van der Waals surface area contributed by atoms with Gasteiger partial charge in [0.2, 0.25) is 5.91 Å². The first-order valence-corrected chi connectivity index (χ1v) is 7.59. The van der Waals surface area contributed by atoms with Gasteiger partial charge in [-0.3, -0.25) is 4.79 Å². The Kier molecular flexibility index (Phi) is 6.66. The quantitative estimate of drug-likeness (QED) is 0.775. The van der Waals surface area contributed by atoms with Gasteiger partial charge in [-0.05, 0) is 24.5 Å². The molecule has 5 nitrogen and oxygen atoms in total. The molecule has 1 heterocycles. The van der Waals surface area contributed by atoms with Crippen LogP contribution < -0.4 is 16.0 Å². The molecular formula is C13H22N4OS. The molecule has 1 unspecified atom stereocenters. The van der Waals surface area contributed by atoms with Crippen LogP contribution in [0.25, 0.3) is 0 Å². The van der Waals surface area contributed by atoms with E-state index in [0.717, 1.165) is 17.1 Å². The first kappa shape index (κ1) is 15.8. The molecule has 0 aliphatic carbocycles. The summed E-state index contributed by atoms with van der Waals surface area (Å²) in [6, 6.07) is 3.38. The number of amides is 1. The maximum atomic E-state index is 11.8. The second-order valence-electron chi connectivity index (χ2n) is 4.49. The van der Waals surface area contributed by atoms with Crippen LogP contribution in [0.3, 0.4) is 0 Å². The highest BCUT2D eigenvalue weighted by atomic mass is 32.2. The number of nitrogens with one attached hydrogen (secondary N) is 1. The lowest BCUT2D eigenvalue weighted by Gasteiger charge is -2.17. The van der Waals surface area contributed by atoms with Gasteiger partial charge in [-0.1, -0.05) is 6.07 Å². The smallest absolute Gasteiger partial charge is 0.237 e. The number of hydrogen-bond acceptors (Lipinski definition) is 5. The second kappa shape index (κ2) is 8.01. The summed E-state index contributed by atoms with van der Waals surface area (Å²) in [4.78, 5) is 18.0. The molecule has 0 aliphatic heterocycles. The minimum atomic E-state index is -0.438. The van der Waals surface area contributed by atoms with Crippen LogP contribution in [0.15, 0.2) is 18.3 Å². The topological polar surface area (TPSA) is 71.2 Å². The van der Waals surface area contributed by atoms with Crippen LogP contribution in [0.4, 0.5) is 5.82 Å². The molecule has 0 aromatic carbocycles. The van der Waals surface area contributed by atoms with E-state index in [1.165, 1.54) is 0 Å². The lowest BCUT2D eigenvalue weighted by molar-refractivity contribution is -0.122. The fourth-order valence-corrected chi connectivity index (χ4v) is 2.15. The van der Waals surface area contributed by atoms with Crippen molar-refractivity contribution in [2.24, 2.45) is 5.73 Å². The van der Waals surface area contributed by atoms with Gasteiger partial charge in [0.1, 0.15) is 5.82 Å². The molecule has 0 radical (unpaired) electrons. The minimum absolute atomic E-state index is 0.109. The van der Waals surface area contributed by atoms with Gasteiger partial charge < -0.3 is 16.0 Å². The van der Waals surface area contributed by atoms with E-state index in [1.807, 2.05) is 37.4 Å². The van der Waals surface area contributed by atoms with E-state index in [2.05, 4.69) is 10.3 Å². The van der Waals surface area contributed by atoms with Crippen LogP contribution in [0.1, 0.15) is 12.0 Å². The predicted molar refractivity (Wildman–Crippen MR) is 81.4 cm³/mol. The molecule has 0 spiro atoms. The van der Waals surface area contributed by atoms with Crippen molar-refractivity contribution in [2.75, 3.05) is 31.0 Å². The summed E-state index contributed by atoms with van der Waals surface area (Å²) in [5.74, 6) is 1.65. The summed E-state index contributed by atoms with van der Waals surface area (Å²) in [7, 11) is 3.86. The van der Waals surface area contributed by atoms with Crippen molar-refractivity contribution in [2.45, 2.75) is 19.0 Å². The summed E-state index contributed by atoms with van der Waals surface area (Å²) in [5, 5.41) is 2.86. The van der Waals surface area contributed by atoms with Gasteiger partial charge in [0.25, 0.3) is 0 Å². The fourth-order valence-electron chi connectivity index (χ4n) is 1.66. The normalized spacial score (nSPS) is 12.0. The lowest BCUT2D eigenvalue weighted by Crippen LogP contribution is -2.40. The van der Waals surface area contributed by atoms with E-state index in [-0.39, 0.29) is 5.91 Å². The standard InChI is InChI=1S/C13H22N4OS/c1-17(2)12-10(5-4-7-15-12)9-16-13(18)11(14)6-8-19-3/h4-5,7,11H,6,8-9,14H2,1-3H3,(H,16,18). The highest BCUT2D eigenvalue weighted by molar-refractivity contribution is 7.98. The van der Waals surface area contributed by atoms with Crippen molar-refractivity contribution < 1.29 is 4.79 Å². The molecule has 1 atom stereocenters. The van der Waals surface area contributed by atoms with Crippen LogP contribution in [-0.4, -0.2) is 43.0 Å². The number of aromatic nitrogens is 1. The molecule has 1 rings (SSSR count). The third-order valence-corrected chi connectivity index (χ3v) is 3.36. The number of hydrogen-bond donors (Lipinski definition) is 2. The minimum Gasteiger partial charge on any atom is -0.362 e. The van der Waals surface area contributed by atoms with Gasteiger partial charge in [0.05, 0.1) is 6.04 Å². The Hall–Kier alpha value is -1.27.